The van der Waals surface area contributed by atoms with Gasteiger partial charge in [0.05, 0.1) is 11.2 Å². The Labute approximate surface area is 85.1 Å². The third kappa shape index (κ3) is 2.70. The molecule has 0 aliphatic carbocycles. The van der Waals surface area contributed by atoms with Gasteiger partial charge in [-0.05, 0) is 6.07 Å². The Morgan fingerprint density at radius 3 is 3.00 bits per heavy atom. The van der Waals surface area contributed by atoms with E-state index in [-0.39, 0.29) is 16.5 Å². The van der Waals surface area contributed by atoms with Gasteiger partial charge in [-0.1, -0.05) is 23.7 Å². The number of guanidine groups is 1. The van der Waals surface area contributed by atoms with Gasteiger partial charge in [0.1, 0.15) is 0 Å². The third-order valence-electron chi connectivity index (χ3n) is 1.37. The average molecular weight is 215 g/mol. The van der Waals surface area contributed by atoms with E-state index in [4.69, 9.17) is 22.7 Å². The highest BCUT2D eigenvalue weighted by molar-refractivity contribution is 6.31. The van der Waals surface area contributed by atoms with Crippen LogP contribution in [0.15, 0.2) is 23.3 Å². The van der Waals surface area contributed by atoms with E-state index in [9.17, 15) is 4.39 Å². The zero-order valence-electron chi connectivity index (χ0n) is 7.09. The van der Waals surface area contributed by atoms with Crippen LogP contribution >= 0.6 is 11.6 Å². The van der Waals surface area contributed by atoms with Crippen LogP contribution in [-0.4, -0.2) is 12.2 Å². The van der Waals surface area contributed by atoms with Crippen molar-refractivity contribution >= 4 is 23.8 Å². The minimum absolute atomic E-state index is 0.0248. The molecule has 0 fully saturated rings. The zero-order valence-corrected chi connectivity index (χ0v) is 7.85. The van der Waals surface area contributed by atoms with Gasteiger partial charge in [0.2, 0.25) is 5.96 Å². The number of nitrogens with zero attached hydrogens (tertiary/aromatic N) is 1. The summed E-state index contributed by atoms with van der Waals surface area (Å²) < 4.78 is 13.2. The van der Waals surface area contributed by atoms with E-state index in [0.29, 0.717) is 0 Å². The lowest BCUT2D eigenvalue weighted by atomic mass is 10.2. The summed E-state index contributed by atoms with van der Waals surface area (Å²) in [6, 6.07) is 4.54. The van der Waals surface area contributed by atoms with E-state index < -0.39 is 5.82 Å². The van der Waals surface area contributed by atoms with Crippen molar-refractivity contribution in [1.29, 1.82) is 5.41 Å². The molecule has 0 aromatic heterocycles. The third-order valence-corrected chi connectivity index (χ3v) is 1.66. The molecule has 4 N–H and O–H groups in total. The molecule has 14 heavy (non-hydrogen) atoms. The fraction of sp³-hybridized carbons (Fsp3) is 0. The van der Waals surface area contributed by atoms with Gasteiger partial charge in [-0.2, -0.15) is 5.10 Å². The SMILES string of the molecule is N=C(N)N/N=C/c1cccc(Cl)c1F. The van der Waals surface area contributed by atoms with Crippen molar-refractivity contribution in [2.45, 2.75) is 0 Å². The van der Waals surface area contributed by atoms with E-state index in [1.165, 1.54) is 18.3 Å². The lowest BCUT2D eigenvalue weighted by Crippen LogP contribution is -2.25. The quantitative estimate of drug-likeness (QED) is 0.394. The molecule has 4 nitrogen and oxygen atoms in total. The number of hydrogen-bond donors (Lipinski definition) is 3. The largest absolute Gasteiger partial charge is 0.369 e. The van der Waals surface area contributed by atoms with E-state index in [1.807, 2.05) is 0 Å². The van der Waals surface area contributed by atoms with Gasteiger partial charge < -0.3 is 5.73 Å². The summed E-state index contributed by atoms with van der Waals surface area (Å²) in [5.41, 5.74) is 7.35. The lowest BCUT2D eigenvalue weighted by molar-refractivity contribution is 0.626. The molecule has 1 aromatic rings. The first kappa shape index (κ1) is 10.5. The second kappa shape index (κ2) is 4.57. The predicted molar refractivity (Wildman–Crippen MR) is 54.1 cm³/mol. The van der Waals surface area contributed by atoms with Gasteiger partial charge in [-0.15, -0.1) is 0 Å². The van der Waals surface area contributed by atoms with Crippen LogP contribution in [0.4, 0.5) is 4.39 Å². The predicted octanol–water partition coefficient (Wildman–Crippen LogP) is 1.30. The first-order valence-electron chi connectivity index (χ1n) is 3.68. The highest BCUT2D eigenvalue weighted by Crippen LogP contribution is 2.15. The van der Waals surface area contributed by atoms with E-state index in [2.05, 4.69) is 10.5 Å². The molecule has 0 aliphatic rings. The molecule has 0 saturated carbocycles. The van der Waals surface area contributed by atoms with E-state index in [1.54, 1.807) is 6.07 Å². The normalized spacial score (nSPS) is 10.4. The Hall–Kier alpha value is -1.62. The number of rotatable bonds is 2. The molecule has 6 heteroatoms. The molecule has 0 bridgehead atoms. The van der Waals surface area contributed by atoms with Crippen LogP contribution in [0.2, 0.25) is 5.02 Å². The Balaban J connectivity index is 2.81. The van der Waals surface area contributed by atoms with Crippen LogP contribution < -0.4 is 11.2 Å². The average Bonchev–Trinajstić information content (AvgIpc) is 2.12. The van der Waals surface area contributed by atoms with Gasteiger partial charge in [-0.25, -0.2) is 9.82 Å². The molecule has 0 amide bonds. The Bertz CT molecular complexity index is 378. The molecule has 0 spiro atoms. The van der Waals surface area contributed by atoms with Crippen LogP contribution in [-0.2, 0) is 0 Å². The van der Waals surface area contributed by atoms with Crippen molar-refractivity contribution in [2.24, 2.45) is 10.8 Å². The minimum Gasteiger partial charge on any atom is -0.369 e. The summed E-state index contributed by atoms with van der Waals surface area (Å²) in [6.45, 7) is 0. The number of hydrogen-bond acceptors (Lipinski definition) is 2. The standard InChI is InChI=1S/C8H8ClFN4/c9-6-3-1-2-5(7(6)10)4-13-14-8(11)12/h1-4H,(H4,11,12,14)/b13-4+. The summed E-state index contributed by atoms with van der Waals surface area (Å²) in [5.74, 6) is -0.869. The lowest BCUT2D eigenvalue weighted by Gasteiger charge is -1.98. The van der Waals surface area contributed by atoms with Crippen LogP contribution in [0.5, 0.6) is 0 Å². The summed E-state index contributed by atoms with van der Waals surface area (Å²) in [7, 11) is 0. The van der Waals surface area contributed by atoms with E-state index in [0.717, 1.165) is 0 Å². The first-order chi connectivity index (χ1) is 6.61. The van der Waals surface area contributed by atoms with Crippen LogP contribution in [0.1, 0.15) is 5.56 Å². The Morgan fingerprint density at radius 2 is 2.36 bits per heavy atom. The van der Waals surface area contributed by atoms with E-state index >= 15 is 0 Å². The van der Waals surface area contributed by atoms with Gasteiger partial charge in [0, 0.05) is 5.56 Å². The van der Waals surface area contributed by atoms with Crippen LogP contribution in [0.25, 0.3) is 0 Å². The summed E-state index contributed by atoms with van der Waals surface area (Å²) in [6.07, 6.45) is 1.20. The fourth-order valence-electron chi connectivity index (χ4n) is 0.792. The second-order valence-corrected chi connectivity index (χ2v) is 2.83. The molecule has 0 heterocycles. The number of halogens is 2. The highest BCUT2D eigenvalue weighted by Gasteiger charge is 2.02. The van der Waals surface area contributed by atoms with Gasteiger partial charge in [-0.3, -0.25) is 5.41 Å². The Morgan fingerprint density at radius 1 is 1.64 bits per heavy atom. The maximum absolute atomic E-state index is 13.2. The molecule has 1 rings (SSSR count). The van der Waals surface area contributed by atoms with Gasteiger partial charge in [0.25, 0.3) is 0 Å². The molecule has 0 unspecified atom stereocenters. The number of hydrazone groups is 1. The number of benzene rings is 1. The summed E-state index contributed by atoms with van der Waals surface area (Å²) in [4.78, 5) is 0. The second-order valence-electron chi connectivity index (χ2n) is 2.43. The molecular formula is C8H8ClFN4. The number of nitrogens with one attached hydrogen (secondary N) is 2. The molecule has 1 aromatic carbocycles. The molecule has 74 valence electrons. The fourth-order valence-corrected chi connectivity index (χ4v) is 0.973. The topological polar surface area (TPSA) is 74.3 Å². The minimum atomic E-state index is -0.553. The molecule has 0 aliphatic heterocycles. The maximum Gasteiger partial charge on any atom is 0.206 e. The van der Waals surface area contributed by atoms with Crippen molar-refractivity contribution in [2.75, 3.05) is 0 Å². The summed E-state index contributed by atoms with van der Waals surface area (Å²) >= 11 is 5.53. The molecule has 0 atom stereocenters. The summed E-state index contributed by atoms with van der Waals surface area (Å²) in [5, 5.41) is 10.3. The van der Waals surface area contributed by atoms with Crippen molar-refractivity contribution < 1.29 is 4.39 Å². The molecular weight excluding hydrogens is 207 g/mol. The smallest absolute Gasteiger partial charge is 0.206 e. The van der Waals surface area contributed by atoms with Crippen molar-refractivity contribution in [3.8, 4) is 0 Å². The van der Waals surface area contributed by atoms with Crippen molar-refractivity contribution in [3.63, 3.8) is 0 Å². The van der Waals surface area contributed by atoms with Crippen molar-refractivity contribution in [1.82, 2.24) is 5.43 Å². The van der Waals surface area contributed by atoms with Crippen molar-refractivity contribution in [3.05, 3.63) is 34.6 Å². The molecule has 0 radical (unpaired) electrons. The van der Waals surface area contributed by atoms with Gasteiger partial charge in [0.15, 0.2) is 5.82 Å². The zero-order chi connectivity index (χ0) is 10.6. The maximum atomic E-state index is 13.2. The number of nitrogens with two attached hydrogens (primary N) is 1. The first-order valence-corrected chi connectivity index (χ1v) is 4.06. The molecule has 0 saturated heterocycles. The highest BCUT2D eigenvalue weighted by atomic mass is 35.5. The van der Waals surface area contributed by atoms with Gasteiger partial charge >= 0.3 is 0 Å². The van der Waals surface area contributed by atoms with Crippen LogP contribution in [0, 0.1) is 11.2 Å². The van der Waals surface area contributed by atoms with Crippen LogP contribution in [0.3, 0.4) is 0 Å². The monoisotopic (exact) mass is 214 g/mol. The Kier molecular flexibility index (Phi) is 3.41.